The summed E-state index contributed by atoms with van der Waals surface area (Å²) in [6, 6.07) is 0.361. The number of urea groups is 1. The van der Waals surface area contributed by atoms with E-state index in [0.29, 0.717) is 32.9 Å². The number of hydrogen-bond donors (Lipinski definition) is 2. The van der Waals surface area contributed by atoms with Gasteiger partial charge in [0.25, 0.3) is 0 Å². The van der Waals surface area contributed by atoms with Gasteiger partial charge in [-0.2, -0.15) is 0 Å². The van der Waals surface area contributed by atoms with Crippen molar-refractivity contribution >= 4 is 12.0 Å². The molecule has 0 spiro atoms. The largest absolute Gasteiger partial charge is 0.480 e. The van der Waals surface area contributed by atoms with Gasteiger partial charge < -0.3 is 24.8 Å². The Morgan fingerprint density at radius 3 is 2.79 bits per heavy atom. The number of aliphatic carboxylic acids is 1. The average Bonchev–Trinajstić information content (AvgIpc) is 2.53. The smallest absolute Gasteiger partial charge is 0.318 e. The highest BCUT2D eigenvalue weighted by molar-refractivity contribution is 5.75. The van der Waals surface area contributed by atoms with E-state index in [1.54, 1.807) is 7.11 Å². The molecule has 1 heterocycles. The number of methoxy groups -OCH3 is 1. The van der Waals surface area contributed by atoms with Gasteiger partial charge in [-0.1, -0.05) is 6.92 Å². The zero-order valence-electron chi connectivity index (χ0n) is 14.6. The van der Waals surface area contributed by atoms with Gasteiger partial charge in [0, 0.05) is 32.3 Å². The van der Waals surface area contributed by atoms with Crippen molar-refractivity contribution in [2.24, 2.45) is 0 Å². The van der Waals surface area contributed by atoms with Crippen molar-refractivity contribution in [2.45, 2.75) is 44.3 Å². The predicted octanol–water partition coefficient (Wildman–Crippen LogP) is 0.371. The van der Waals surface area contributed by atoms with Gasteiger partial charge in [0.05, 0.1) is 25.8 Å². The Labute approximate surface area is 143 Å². The molecule has 0 aromatic carbocycles. The SMILES string of the molecule is CCN(CC(=O)O)C1CC(NC(=O)N2CCOCC2CCOC)C1. The van der Waals surface area contributed by atoms with Gasteiger partial charge in [-0.15, -0.1) is 0 Å². The molecule has 2 amide bonds. The molecule has 138 valence electrons. The van der Waals surface area contributed by atoms with E-state index in [1.165, 1.54) is 0 Å². The lowest BCUT2D eigenvalue weighted by Crippen LogP contribution is -2.59. The van der Waals surface area contributed by atoms with Crippen LogP contribution in [-0.4, -0.2) is 91.6 Å². The Balaban J connectivity index is 1.77. The molecule has 2 N–H and O–H groups in total. The molecule has 0 radical (unpaired) electrons. The number of amides is 2. The topological polar surface area (TPSA) is 91.3 Å². The minimum Gasteiger partial charge on any atom is -0.480 e. The summed E-state index contributed by atoms with van der Waals surface area (Å²) in [6.07, 6.45) is 2.37. The molecule has 1 aliphatic heterocycles. The normalized spacial score (nSPS) is 27.0. The molecule has 2 fully saturated rings. The van der Waals surface area contributed by atoms with Gasteiger partial charge in [0.15, 0.2) is 0 Å². The highest BCUT2D eigenvalue weighted by Gasteiger charge is 2.36. The van der Waals surface area contributed by atoms with Crippen LogP contribution in [0.25, 0.3) is 0 Å². The molecule has 2 rings (SSSR count). The van der Waals surface area contributed by atoms with Crippen molar-refractivity contribution in [1.82, 2.24) is 15.1 Å². The molecule has 8 heteroatoms. The molecular weight excluding hydrogens is 314 g/mol. The summed E-state index contributed by atoms with van der Waals surface area (Å²) in [4.78, 5) is 27.2. The summed E-state index contributed by atoms with van der Waals surface area (Å²) in [5, 5.41) is 12.0. The van der Waals surface area contributed by atoms with Gasteiger partial charge in [-0.05, 0) is 25.8 Å². The quantitative estimate of drug-likeness (QED) is 0.662. The summed E-state index contributed by atoms with van der Waals surface area (Å²) >= 11 is 0. The molecule has 8 nitrogen and oxygen atoms in total. The summed E-state index contributed by atoms with van der Waals surface area (Å²) in [7, 11) is 1.65. The van der Waals surface area contributed by atoms with E-state index in [-0.39, 0.29) is 30.7 Å². The van der Waals surface area contributed by atoms with Crippen LogP contribution in [0, 0.1) is 0 Å². The van der Waals surface area contributed by atoms with Crippen LogP contribution in [0.15, 0.2) is 0 Å². The number of carbonyl (C=O) groups excluding carboxylic acids is 1. The lowest BCUT2D eigenvalue weighted by atomic mass is 9.85. The molecule has 0 bridgehead atoms. The van der Waals surface area contributed by atoms with Crippen molar-refractivity contribution in [3.05, 3.63) is 0 Å². The number of carboxylic acids is 1. The van der Waals surface area contributed by atoms with Crippen LogP contribution in [-0.2, 0) is 14.3 Å². The molecule has 0 aromatic rings. The number of hydrogen-bond acceptors (Lipinski definition) is 5. The Kier molecular flexibility index (Phi) is 7.26. The van der Waals surface area contributed by atoms with Crippen molar-refractivity contribution in [3.63, 3.8) is 0 Å². The van der Waals surface area contributed by atoms with E-state index in [1.807, 2.05) is 16.7 Å². The third-order valence-electron chi connectivity index (χ3n) is 4.85. The molecule has 1 saturated carbocycles. The zero-order valence-corrected chi connectivity index (χ0v) is 14.6. The van der Waals surface area contributed by atoms with Crippen LogP contribution in [0.5, 0.6) is 0 Å². The number of nitrogens with zero attached hydrogens (tertiary/aromatic N) is 2. The number of ether oxygens (including phenoxy) is 2. The van der Waals surface area contributed by atoms with Crippen LogP contribution in [0.4, 0.5) is 4.79 Å². The molecule has 0 aromatic heterocycles. The number of rotatable bonds is 8. The number of nitrogens with one attached hydrogen (secondary N) is 1. The standard InChI is InChI=1S/C16H29N3O5/c1-3-18(10-15(20)21)14-8-12(9-14)17-16(22)19-5-7-24-11-13(19)4-6-23-2/h12-14H,3-11H2,1-2H3,(H,17,22)(H,20,21). The van der Waals surface area contributed by atoms with Crippen LogP contribution < -0.4 is 5.32 Å². The maximum absolute atomic E-state index is 12.5. The van der Waals surface area contributed by atoms with Crippen molar-refractivity contribution in [2.75, 3.05) is 46.6 Å². The highest BCUT2D eigenvalue weighted by atomic mass is 16.5. The van der Waals surface area contributed by atoms with Crippen molar-refractivity contribution in [3.8, 4) is 0 Å². The highest BCUT2D eigenvalue weighted by Crippen LogP contribution is 2.26. The minimum absolute atomic E-state index is 0.0497. The van der Waals surface area contributed by atoms with Crippen LogP contribution in [0.1, 0.15) is 26.2 Å². The van der Waals surface area contributed by atoms with Crippen molar-refractivity contribution < 1.29 is 24.2 Å². The average molecular weight is 343 g/mol. The van der Waals surface area contributed by atoms with Gasteiger partial charge in [0.2, 0.25) is 0 Å². The van der Waals surface area contributed by atoms with Crippen LogP contribution >= 0.6 is 0 Å². The first-order valence-corrected chi connectivity index (χ1v) is 8.64. The summed E-state index contributed by atoms with van der Waals surface area (Å²) in [5.41, 5.74) is 0. The molecule has 1 saturated heterocycles. The third-order valence-corrected chi connectivity index (χ3v) is 4.85. The predicted molar refractivity (Wildman–Crippen MR) is 88.0 cm³/mol. The maximum atomic E-state index is 12.5. The number of likely N-dealkylation sites (N-methyl/N-ethyl adjacent to an activating group) is 1. The Bertz CT molecular complexity index is 428. The van der Waals surface area contributed by atoms with Crippen LogP contribution in [0.3, 0.4) is 0 Å². The minimum atomic E-state index is -0.807. The fourth-order valence-electron chi connectivity index (χ4n) is 3.35. The fourth-order valence-corrected chi connectivity index (χ4v) is 3.35. The van der Waals surface area contributed by atoms with E-state index >= 15 is 0 Å². The van der Waals surface area contributed by atoms with E-state index in [2.05, 4.69) is 5.32 Å². The molecule has 1 aliphatic carbocycles. The first-order chi connectivity index (χ1) is 11.5. The lowest BCUT2D eigenvalue weighted by Gasteiger charge is -2.44. The molecule has 1 atom stereocenters. The van der Waals surface area contributed by atoms with Gasteiger partial charge in [0.1, 0.15) is 0 Å². The number of morpholine rings is 1. The second-order valence-electron chi connectivity index (χ2n) is 6.43. The molecular formula is C16H29N3O5. The Morgan fingerprint density at radius 1 is 1.42 bits per heavy atom. The Morgan fingerprint density at radius 2 is 2.17 bits per heavy atom. The Hall–Kier alpha value is -1.38. The van der Waals surface area contributed by atoms with Crippen LogP contribution in [0.2, 0.25) is 0 Å². The maximum Gasteiger partial charge on any atom is 0.318 e. The summed E-state index contributed by atoms with van der Waals surface area (Å²) in [5.74, 6) is -0.807. The molecule has 24 heavy (non-hydrogen) atoms. The fraction of sp³-hybridized carbons (Fsp3) is 0.875. The van der Waals surface area contributed by atoms with Crippen molar-refractivity contribution in [1.29, 1.82) is 0 Å². The second-order valence-corrected chi connectivity index (χ2v) is 6.43. The molecule has 1 unspecified atom stereocenters. The molecule has 2 aliphatic rings. The van der Waals surface area contributed by atoms with Gasteiger partial charge in [-0.3, -0.25) is 9.69 Å². The van der Waals surface area contributed by atoms with E-state index in [9.17, 15) is 9.59 Å². The zero-order chi connectivity index (χ0) is 17.5. The first-order valence-electron chi connectivity index (χ1n) is 8.64. The number of carbonyl (C=O) groups is 2. The summed E-state index contributed by atoms with van der Waals surface area (Å²) < 4.78 is 10.6. The van der Waals surface area contributed by atoms with Gasteiger partial charge in [-0.25, -0.2) is 4.79 Å². The summed E-state index contributed by atoms with van der Waals surface area (Å²) in [6.45, 7) is 5.03. The second kappa shape index (κ2) is 9.19. The number of carboxylic acid groups (broad SMARTS) is 1. The van der Waals surface area contributed by atoms with Gasteiger partial charge >= 0.3 is 12.0 Å². The first kappa shape index (κ1) is 19.0. The lowest BCUT2D eigenvalue weighted by molar-refractivity contribution is -0.139. The third kappa shape index (κ3) is 5.06. The van der Waals surface area contributed by atoms with E-state index in [0.717, 1.165) is 19.3 Å². The van der Waals surface area contributed by atoms with E-state index in [4.69, 9.17) is 14.6 Å². The monoisotopic (exact) mass is 343 g/mol. The van der Waals surface area contributed by atoms with E-state index < -0.39 is 5.97 Å².